The van der Waals surface area contributed by atoms with Crippen molar-refractivity contribution in [3.63, 3.8) is 0 Å². The maximum absolute atomic E-state index is 11.1. The summed E-state index contributed by atoms with van der Waals surface area (Å²) in [6.07, 6.45) is 0. The molecule has 0 aliphatic carbocycles. The van der Waals surface area contributed by atoms with Crippen LogP contribution >= 0.6 is 0 Å². The second kappa shape index (κ2) is 10.4. The molecule has 0 atom stereocenters. The van der Waals surface area contributed by atoms with Gasteiger partial charge in [-0.2, -0.15) is 0 Å². The van der Waals surface area contributed by atoms with E-state index in [0.717, 1.165) is 32.7 Å². The smallest absolute Gasteiger partial charge is 0.744 e. The molecular weight excluding hydrogens is 488 g/mol. The number of hydrogen-bond acceptors (Lipinski definition) is 6. The van der Waals surface area contributed by atoms with Crippen LogP contribution in [0, 0.1) is 27.7 Å². The van der Waals surface area contributed by atoms with Crippen molar-refractivity contribution in [2.24, 2.45) is 0 Å². The van der Waals surface area contributed by atoms with E-state index in [1.807, 2.05) is 48.5 Å². The van der Waals surface area contributed by atoms with Gasteiger partial charge in [-0.1, -0.05) is 48.5 Å². The van der Waals surface area contributed by atoms with E-state index in [4.69, 9.17) is 0 Å². The summed E-state index contributed by atoms with van der Waals surface area (Å²) in [7, 11) is -8.79. The van der Waals surface area contributed by atoms with Gasteiger partial charge in [0.15, 0.2) is 0 Å². The minimum absolute atomic E-state index is 0. The first kappa shape index (κ1) is 27.7. The van der Waals surface area contributed by atoms with Gasteiger partial charge in [0.2, 0.25) is 0 Å². The van der Waals surface area contributed by atoms with Gasteiger partial charge in [0.05, 0.1) is 9.79 Å². The average Bonchev–Trinajstić information content (AvgIpc) is 2.72. The molecule has 0 aromatic heterocycles. The fourth-order valence-electron chi connectivity index (χ4n) is 3.86. The Morgan fingerprint density at radius 2 is 0.818 bits per heavy atom. The van der Waals surface area contributed by atoms with Gasteiger partial charge in [-0.15, -0.1) is 0 Å². The molecule has 0 heterocycles. The third-order valence-corrected chi connectivity index (χ3v) is 7.41. The number of hydrogen-bond donors (Lipinski definition) is 0. The van der Waals surface area contributed by atoms with Gasteiger partial charge in [0, 0.05) is 0 Å². The van der Waals surface area contributed by atoms with Crippen molar-refractivity contribution in [2.45, 2.75) is 37.5 Å². The molecule has 0 unspecified atom stereocenters. The molecule has 4 aromatic rings. The van der Waals surface area contributed by atoms with E-state index >= 15 is 0 Å². The zero-order valence-electron chi connectivity index (χ0n) is 18.7. The topological polar surface area (TPSA) is 114 Å². The summed E-state index contributed by atoms with van der Waals surface area (Å²) < 4.78 is 66.6. The maximum Gasteiger partial charge on any atom is 2.00 e. The Balaban J connectivity index is 0.000000227. The van der Waals surface area contributed by atoms with Gasteiger partial charge in [-0.3, -0.25) is 0 Å². The fourth-order valence-corrected chi connectivity index (χ4v) is 5.47. The Kier molecular flexibility index (Phi) is 8.73. The Bertz CT molecular complexity index is 1440. The first-order valence-corrected chi connectivity index (χ1v) is 12.5. The van der Waals surface area contributed by atoms with Crippen molar-refractivity contribution in [3.05, 3.63) is 82.9 Å². The van der Waals surface area contributed by atoms with E-state index in [1.165, 1.54) is 12.1 Å². The summed E-state index contributed by atoms with van der Waals surface area (Å²) in [5.41, 5.74) is 2.65. The van der Waals surface area contributed by atoms with Gasteiger partial charge in [-0.05, 0) is 83.6 Å². The van der Waals surface area contributed by atoms with Crippen LogP contribution < -0.4 is 0 Å². The van der Waals surface area contributed by atoms with Crippen LogP contribution in [0.15, 0.2) is 70.5 Å². The van der Waals surface area contributed by atoms with Crippen molar-refractivity contribution in [1.82, 2.24) is 0 Å². The van der Waals surface area contributed by atoms with Gasteiger partial charge >= 0.3 is 37.7 Å². The molecule has 0 bridgehead atoms. The van der Waals surface area contributed by atoms with Crippen LogP contribution in [-0.2, 0) is 20.2 Å². The predicted molar refractivity (Wildman–Crippen MR) is 129 cm³/mol. The van der Waals surface area contributed by atoms with Gasteiger partial charge in [0.1, 0.15) is 20.2 Å². The maximum atomic E-state index is 11.1. The number of rotatable bonds is 2. The van der Waals surface area contributed by atoms with Crippen LogP contribution in [0.5, 0.6) is 0 Å². The summed E-state index contributed by atoms with van der Waals surface area (Å²) in [6.45, 7) is 6.92. The third kappa shape index (κ3) is 5.95. The monoisotopic (exact) mass is 510 g/mol. The first-order valence-electron chi connectivity index (χ1n) is 9.72. The summed E-state index contributed by atoms with van der Waals surface area (Å²) in [4.78, 5) is -0.243. The van der Waals surface area contributed by atoms with Crippen molar-refractivity contribution in [1.29, 1.82) is 0 Å². The summed E-state index contributed by atoms with van der Waals surface area (Å²) in [5.74, 6) is 0. The number of aryl methyl sites for hydroxylation is 4. The van der Waals surface area contributed by atoms with Gasteiger partial charge in [0.25, 0.3) is 0 Å². The van der Waals surface area contributed by atoms with E-state index in [2.05, 4.69) is 0 Å². The zero-order chi connectivity index (χ0) is 23.8. The fraction of sp³-hybridized carbons (Fsp3) is 0.167. The first-order chi connectivity index (χ1) is 14.8. The quantitative estimate of drug-likeness (QED) is 0.293. The molecule has 4 aromatic carbocycles. The van der Waals surface area contributed by atoms with Crippen LogP contribution in [0.2, 0.25) is 0 Å². The standard InChI is InChI=1S/2C12H12O3S.Ca/c2*1-8-7-12(16(13,14)15)9(2)11-6-4-3-5-10(8)11;/h2*3-7H,1-2H3,(H,13,14,15);/q;;+2/p-2. The molecule has 0 N–H and O–H groups in total. The minimum atomic E-state index is -4.40. The van der Waals surface area contributed by atoms with E-state index in [9.17, 15) is 25.9 Å². The molecule has 4 rings (SSSR count). The molecular formula is C24H22CaO6S2. The molecule has 0 radical (unpaired) electrons. The summed E-state index contributed by atoms with van der Waals surface area (Å²) in [6, 6.07) is 17.8. The third-order valence-electron chi connectivity index (χ3n) is 5.48. The second-order valence-electron chi connectivity index (χ2n) is 7.63. The van der Waals surface area contributed by atoms with Crippen molar-refractivity contribution < 1.29 is 25.9 Å². The summed E-state index contributed by atoms with van der Waals surface area (Å²) >= 11 is 0. The van der Waals surface area contributed by atoms with Crippen LogP contribution in [0.25, 0.3) is 21.5 Å². The molecule has 0 saturated carbocycles. The Morgan fingerprint density at radius 1 is 0.545 bits per heavy atom. The molecule has 0 aliphatic rings. The molecule has 33 heavy (non-hydrogen) atoms. The molecule has 0 spiro atoms. The molecule has 0 fully saturated rings. The minimum Gasteiger partial charge on any atom is -0.744 e. The van der Waals surface area contributed by atoms with E-state index in [1.54, 1.807) is 27.7 Å². The van der Waals surface area contributed by atoms with E-state index < -0.39 is 20.2 Å². The summed E-state index contributed by atoms with van der Waals surface area (Å²) in [5, 5.41) is 3.59. The van der Waals surface area contributed by atoms with Crippen LogP contribution in [0.1, 0.15) is 22.3 Å². The Morgan fingerprint density at radius 3 is 1.09 bits per heavy atom. The molecule has 0 amide bonds. The number of fused-ring (bicyclic) bond motifs is 2. The predicted octanol–water partition coefficient (Wildman–Crippen LogP) is 4.34. The molecule has 0 aliphatic heterocycles. The molecule has 6 nitrogen and oxygen atoms in total. The van der Waals surface area contributed by atoms with Gasteiger partial charge in [-0.25, -0.2) is 16.8 Å². The molecule has 168 valence electrons. The second-order valence-corrected chi connectivity index (χ2v) is 10.3. The number of benzene rings is 4. The largest absolute Gasteiger partial charge is 2.00 e. The van der Waals surface area contributed by atoms with E-state index in [-0.39, 0.29) is 47.5 Å². The van der Waals surface area contributed by atoms with E-state index in [0.29, 0.717) is 11.1 Å². The van der Waals surface area contributed by atoms with Crippen molar-refractivity contribution in [3.8, 4) is 0 Å². The normalized spacial score (nSPS) is 11.6. The Hall–Kier alpha value is -1.52. The van der Waals surface area contributed by atoms with Gasteiger partial charge < -0.3 is 9.11 Å². The van der Waals surface area contributed by atoms with Crippen LogP contribution in [0.4, 0.5) is 0 Å². The van der Waals surface area contributed by atoms with Crippen LogP contribution in [0.3, 0.4) is 0 Å². The molecule has 9 heteroatoms. The van der Waals surface area contributed by atoms with Crippen molar-refractivity contribution in [2.75, 3.05) is 0 Å². The molecule has 0 saturated heterocycles. The Labute approximate surface area is 224 Å². The van der Waals surface area contributed by atoms with Crippen LogP contribution in [-0.4, -0.2) is 63.7 Å². The van der Waals surface area contributed by atoms with Crippen molar-refractivity contribution >= 4 is 79.5 Å². The zero-order valence-corrected chi connectivity index (χ0v) is 22.6. The SMILES string of the molecule is Cc1cc(S(=O)(=O)[O-])c(C)c2ccccc12.Cc1cc(S(=O)(=O)[O-])c(C)c2ccccc12.[Ca+2]. The average molecular weight is 511 g/mol.